The van der Waals surface area contributed by atoms with Crippen molar-refractivity contribution in [3.05, 3.63) is 24.0 Å². The molecule has 5 heteroatoms. The molecule has 0 bridgehead atoms. The number of carboxylic acids is 1. The smallest absolute Gasteiger partial charge is 0.332 e. The van der Waals surface area contributed by atoms with Gasteiger partial charge in [0.05, 0.1) is 5.69 Å². The number of nitrogens with one attached hydrogen (secondary N) is 1. The highest BCUT2D eigenvalue weighted by atomic mass is 19.1. The van der Waals surface area contributed by atoms with E-state index in [2.05, 4.69) is 5.32 Å². The lowest BCUT2D eigenvalue weighted by molar-refractivity contribution is -0.143. The summed E-state index contributed by atoms with van der Waals surface area (Å²) in [7, 11) is 0. The van der Waals surface area contributed by atoms with Gasteiger partial charge in [-0.1, -0.05) is 6.07 Å². The Kier molecular flexibility index (Phi) is 2.03. The van der Waals surface area contributed by atoms with Gasteiger partial charge in [0.1, 0.15) is 6.61 Å². The van der Waals surface area contributed by atoms with Gasteiger partial charge >= 0.3 is 5.97 Å². The molecule has 1 aromatic rings. The Hall–Kier alpha value is -1.78. The van der Waals surface area contributed by atoms with Gasteiger partial charge in [0, 0.05) is 0 Å². The number of halogens is 1. The quantitative estimate of drug-likeness (QED) is 0.738. The molecular weight excluding hydrogens is 201 g/mol. The van der Waals surface area contributed by atoms with Crippen LogP contribution in [0.1, 0.15) is 6.92 Å². The minimum absolute atomic E-state index is 0.0798. The summed E-state index contributed by atoms with van der Waals surface area (Å²) in [5.74, 6) is -1.44. The predicted molar refractivity (Wildman–Crippen MR) is 51.6 cm³/mol. The molecule has 4 nitrogen and oxygen atoms in total. The largest absolute Gasteiger partial charge is 0.485 e. The third-order valence-electron chi connectivity index (χ3n) is 2.35. The van der Waals surface area contributed by atoms with E-state index >= 15 is 0 Å². The number of anilines is 1. The number of carboxylic acid groups (broad SMARTS) is 1. The van der Waals surface area contributed by atoms with E-state index in [1.807, 2.05) is 0 Å². The lowest BCUT2D eigenvalue weighted by Gasteiger charge is -2.33. The highest BCUT2D eigenvalue weighted by Gasteiger charge is 2.38. The minimum atomic E-state index is -1.21. The van der Waals surface area contributed by atoms with Crippen LogP contribution in [0.25, 0.3) is 0 Å². The number of carbonyl (C=O) groups is 1. The Morgan fingerprint density at radius 1 is 1.67 bits per heavy atom. The molecule has 1 atom stereocenters. The summed E-state index contributed by atoms with van der Waals surface area (Å²) in [6.45, 7) is 1.39. The van der Waals surface area contributed by atoms with Gasteiger partial charge < -0.3 is 15.2 Å². The number of para-hydroxylation sites is 1. The first-order chi connectivity index (χ1) is 7.03. The zero-order valence-electron chi connectivity index (χ0n) is 8.08. The molecule has 2 N–H and O–H groups in total. The minimum Gasteiger partial charge on any atom is -0.485 e. The molecule has 0 aromatic heterocycles. The van der Waals surface area contributed by atoms with Crippen LogP contribution in [-0.4, -0.2) is 23.2 Å². The average molecular weight is 211 g/mol. The second kappa shape index (κ2) is 3.12. The van der Waals surface area contributed by atoms with Crippen LogP contribution in [0, 0.1) is 5.82 Å². The number of hydrogen-bond donors (Lipinski definition) is 2. The third-order valence-corrected chi connectivity index (χ3v) is 2.35. The van der Waals surface area contributed by atoms with E-state index in [9.17, 15) is 9.18 Å². The molecule has 1 aromatic carbocycles. The van der Waals surface area contributed by atoms with Crippen molar-refractivity contribution >= 4 is 11.7 Å². The van der Waals surface area contributed by atoms with Gasteiger partial charge in [0.15, 0.2) is 17.1 Å². The molecule has 80 valence electrons. The Bertz CT molecular complexity index is 421. The van der Waals surface area contributed by atoms with Crippen molar-refractivity contribution in [1.29, 1.82) is 0 Å². The molecule has 15 heavy (non-hydrogen) atoms. The Balaban J connectivity index is 2.39. The fourth-order valence-electron chi connectivity index (χ4n) is 1.42. The number of fused-ring (bicyclic) bond motifs is 1. The lowest BCUT2D eigenvalue weighted by Crippen LogP contribution is -2.50. The van der Waals surface area contributed by atoms with Gasteiger partial charge in [0.2, 0.25) is 0 Å². The van der Waals surface area contributed by atoms with Crippen LogP contribution in [0.4, 0.5) is 10.1 Å². The van der Waals surface area contributed by atoms with Gasteiger partial charge in [-0.05, 0) is 19.1 Å². The first-order valence-corrected chi connectivity index (χ1v) is 4.46. The first kappa shape index (κ1) is 9.76. The fourth-order valence-corrected chi connectivity index (χ4v) is 1.42. The Morgan fingerprint density at radius 3 is 3.07 bits per heavy atom. The molecule has 0 amide bonds. The van der Waals surface area contributed by atoms with Crippen molar-refractivity contribution in [2.45, 2.75) is 12.5 Å². The summed E-state index contributed by atoms with van der Waals surface area (Å²) < 4.78 is 18.3. The van der Waals surface area contributed by atoms with E-state index in [0.29, 0.717) is 5.69 Å². The molecule has 1 unspecified atom stereocenters. The predicted octanol–water partition coefficient (Wildman–Crippen LogP) is 1.47. The zero-order chi connectivity index (χ0) is 11.1. The molecule has 2 rings (SSSR count). The van der Waals surface area contributed by atoms with Crippen molar-refractivity contribution in [2.24, 2.45) is 0 Å². The Labute approximate surface area is 85.7 Å². The van der Waals surface area contributed by atoms with Gasteiger partial charge in [-0.2, -0.15) is 0 Å². The zero-order valence-corrected chi connectivity index (χ0v) is 8.08. The summed E-state index contributed by atoms with van der Waals surface area (Å²) in [5, 5.41) is 11.7. The topological polar surface area (TPSA) is 58.6 Å². The van der Waals surface area contributed by atoms with Crippen molar-refractivity contribution in [3.8, 4) is 5.75 Å². The van der Waals surface area contributed by atoms with E-state index in [1.165, 1.54) is 19.1 Å². The van der Waals surface area contributed by atoms with Crippen LogP contribution in [0.3, 0.4) is 0 Å². The van der Waals surface area contributed by atoms with Gasteiger partial charge in [0.25, 0.3) is 0 Å². The fraction of sp³-hybridized carbons (Fsp3) is 0.300. The van der Waals surface area contributed by atoms with Gasteiger partial charge in [-0.15, -0.1) is 0 Å². The maximum absolute atomic E-state index is 13.2. The maximum atomic E-state index is 13.2. The van der Waals surface area contributed by atoms with Crippen LogP contribution in [-0.2, 0) is 4.79 Å². The van der Waals surface area contributed by atoms with Crippen LogP contribution >= 0.6 is 0 Å². The van der Waals surface area contributed by atoms with Gasteiger partial charge in [-0.25, -0.2) is 9.18 Å². The number of aliphatic carboxylic acids is 1. The van der Waals surface area contributed by atoms with Crippen LogP contribution in [0.2, 0.25) is 0 Å². The maximum Gasteiger partial charge on any atom is 0.332 e. The first-order valence-electron chi connectivity index (χ1n) is 4.46. The molecule has 0 saturated heterocycles. The normalized spacial score (nSPS) is 23.6. The second-order valence-electron chi connectivity index (χ2n) is 3.67. The summed E-state index contributed by atoms with van der Waals surface area (Å²) in [6, 6.07) is 4.35. The molecule has 1 aliphatic heterocycles. The number of hydrogen-bond acceptors (Lipinski definition) is 3. The molecule has 1 aliphatic rings. The van der Waals surface area contributed by atoms with Crippen molar-refractivity contribution < 1.29 is 19.0 Å². The highest BCUT2D eigenvalue weighted by molar-refractivity contribution is 5.84. The summed E-state index contributed by atoms with van der Waals surface area (Å²) in [6.07, 6.45) is 0. The van der Waals surface area contributed by atoms with Crippen molar-refractivity contribution in [1.82, 2.24) is 0 Å². The van der Waals surface area contributed by atoms with Crippen LogP contribution in [0.15, 0.2) is 18.2 Å². The number of rotatable bonds is 1. The van der Waals surface area contributed by atoms with Crippen molar-refractivity contribution in [2.75, 3.05) is 11.9 Å². The lowest BCUT2D eigenvalue weighted by atomic mass is 10.0. The van der Waals surface area contributed by atoms with Crippen molar-refractivity contribution in [3.63, 3.8) is 0 Å². The summed E-state index contributed by atoms with van der Waals surface area (Å²) >= 11 is 0. The number of ether oxygens (including phenoxy) is 1. The standard InChI is InChI=1S/C10H10FNO3/c1-10(9(13)14)5-15-8-6(11)3-2-4-7(8)12-10/h2-4,12H,5H2,1H3,(H,13,14). The molecule has 0 fully saturated rings. The molecule has 0 spiro atoms. The van der Waals surface area contributed by atoms with E-state index in [1.54, 1.807) is 6.07 Å². The molecule has 0 radical (unpaired) electrons. The average Bonchev–Trinajstić information content (AvgIpc) is 2.17. The Morgan fingerprint density at radius 2 is 2.40 bits per heavy atom. The molecule has 0 saturated carbocycles. The van der Waals surface area contributed by atoms with E-state index < -0.39 is 17.3 Å². The molecular formula is C10H10FNO3. The number of benzene rings is 1. The van der Waals surface area contributed by atoms with Gasteiger partial charge in [-0.3, -0.25) is 0 Å². The SMILES string of the molecule is CC1(C(=O)O)COc2c(F)cccc2N1. The van der Waals surface area contributed by atoms with E-state index in [0.717, 1.165) is 0 Å². The monoisotopic (exact) mass is 211 g/mol. The van der Waals surface area contributed by atoms with Crippen LogP contribution in [0.5, 0.6) is 5.75 Å². The second-order valence-corrected chi connectivity index (χ2v) is 3.67. The third kappa shape index (κ3) is 1.49. The van der Waals surface area contributed by atoms with E-state index in [-0.39, 0.29) is 12.4 Å². The molecule has 0 aliphatic carbocycles. The summed E-state index contributed by atoms with van der Waals surface area (Å²) in [4.78, 5) is 10.9. The highest BCUT2D eigenvalue weighted by Crippen LogP contribution is 2.34. The van der Waals surface area contributed by atoms with Crippen LogP contribution < -0.4 is 10.1 Å². The van der Waals surface area contributed by atoms with E-state index in [4.69, 9.17) is 9.84 Å². The molecule has 1 heterocycles. The summed E-state index contributed by atoms with van der Waals surface area (Å²) in [5.41, 5.74) is -0.841.